The molecule has 0 radical (unpaired) electrons. The molecule has 0 bridgehead atoms. The number of nitrogen functional groups attached to an aromatic ring is 2. The molecule has 0 atom stereocenters. The lowest BCUT2D eigenvalue weighted by Gasteiger charge is -2.36. The Morgan fingerprint density at radius 3 is 1.51 bits per heavy atom. The van der Waals surface area contributed by atoms with Crippen molar-refractivity contribution in [1.82, 2.24) is 40.1 Å². The molecule has 18 heteroatoms. The molecule has 2 amide bonds. The molecule has 16 nitrogen and oxygen atoms in total. The number of carbonyl (C=O) groups is 2. The number of carbonyl (C=O) groups excluding carboxylic acids is 2. The van der Waals surface area contributed by atoms with Crippen LogP contribution in [0.2, 0.25) is 10.0 Å². The zero-order valence-electron chi connectivity index (χ0n) is 41.4. The van der Waals surface area contributed by atoms with Crippen molar-refractivity contribution in [2.75, 3.05) is 68.4 Å². The van der Waals surface area contributed by atoms with Gasteiger partial charge in [-0.2, -0.15) is 0 Å². The molecule has 6 heterocycles. The minimum atomic E-state index is -0.575. The quantitative estimate of drug-likeness (QED) is 0.0528. The molecule has 75 heavy (non-hydrogen) atoms. The fraction of sp³-hybridized carbons (Fsp3) is 0.193. The van der Waals surface area contributed by atoms with Crippen LogP contribution in [0.4, 0.5) is 23.3 Å². The summed E-state index contributed by atoms with van der Waals surface area (Å²) in [5.74, 6) is 13.1. The number of benzene rings is 4. The second-order valence-electron chi connectivity index (χ2n) is 18.6. The first-order valence-corrected chi connectivity index (χ1v) is 24.8. The normalized spacial score (nSPS) is 13.2. The van der Waals surface area contributed by atoms with Crippen LogP contribution in [0.25, 0.3) is 45.3 Å². The molecule has 2 saturated heterocycles. The number of anilines is 4. The third-order valence-electron chi connectivity index (χ3n) is 12.8. The number of primary amides is 2. The average Bonchev–Trinajstić information content (AvgIpc) is 4.02. The summed E-state index contributed by atoms with van der Waals surface area (Å²) in [5.41, 5.74) is 35.3. The van der Waals surface area contributed by atoms with Crippen molar-refractivity contribution in [2.45, 2.75) is 13.8 Å². The van der Waals surface area contributed by atoms with Crippen LogP contribution in [0.1, 0.15) is 54.1 Å². The van der Waals surface area contributed by atoms with Gasteiger partial charge in [0.05, 0.1) is 45.0 Å². The highest BCUT2D eigenvalue weighted by molar-refractivity contribution is 6.31. The number of likely N-dealkylation sites (tertiary alicyclic amines) is 1. The van der Waals surface area contributed by atoms with Gasteiger partial charge in [-0.3, -0.25) is 9.59 Å². The van der Waals surface area contributed by atoms with E-state index in [0.717, 1.165) is 84.0 Å². The van der Waals surface area contributed by atoms with Crippen LogP contribution in [0.3, 0.4) is 0 Å². The Morgan fingerprint density at radius 2 is 1.09 bits per heavy atom. The molecular weight excluding hydrogens is 984 g/mol. The summed E-state index contributed by atoms with van der Waals surface area (Å²) in [6.07, 6.45) is 3.15. The van der Waals surface area contributed by atoms with Crippen LogP contribution in [-0.2, 0) is 0 Å². The predicted octanol–water partition coefficient (Wildman–Crippen LogP) is 7.97. The summed E-state index contributed by atoms with van der Waals surface area (Å²) in [5, 5.41) is 11.3. The summed E-state index contributed by atoms with van der Waals surface area (Å²) >= 11 is 12.5. The number of H-pyrrole nitrogens is 2. The van der Waals surface area contributed by atoms with Crippen LogP contribution < -0.4 is 38.9 Å². The molecule has 8 aromatic rings. The largest absolute Gasteiger partial charge is 0.385 e. The lowest BCUT2D eigenvalue weighted by atomic mass is 10.0. The van der Waals surface area contributed by atoms with E-state index in [4.69, 9.17) is 46.1 Å². The highest BCUT2D eigenvalue weighted by atomic mass is 35.5. The van der Waals surface area contributed by atoms with Gasteiger partial charge >= 0.3 is 0 Å². The van der Waals surface area contributed by atoms with Gasteiger partial charge in [0.2, 0.25) is 11.9 Å². The second kappa shape index (κ2) is 22.6. The van der Waals surface area contributed by atoms with Gasteiger partial charge in [0.1, 0.15) is 11.4 Å². The standard InChI is InChI=1S/C29H28ClN7O.C28H26ClN7O/c1-17-6-9-21(30)11-23(17)27-24(28(31)38)12-25(35-27)26-20(14-34-29(32)36-26)8-7-18-4-3-5-22(10-18)33-13-19-15-37(2)16-19;1-16-5-8-20(29)10-22(16)26-23(27(30)37)11-24(35-26)25-19(15-34-28(31)36-25)7-6-17-3-2-4-21(9-17)33-14-18-12-32-13-18/h3-6,9-12,14,19,33,35H,13,15-16H2,1-2H3,(H2,31,38)(H2,32,34,36);2-5,8-11,15,18,32-33,35H,12-14H2,1H3,(H2,30,37)(H2,31,34,36). The highest BCUT2D eigenvalue weighted by Crippen LogP contribution is 2.35. The number of hydrogen-bond acceptors (Lipinski definition) is 12. The number of aryl methyl sites for hydroxylation is 2. The Labute approximate surface area is 444 Å². The van der Waals surface area contributed by atoms with Crippen LogP contribution in [0.5, 0.6) is 0 Å². The first-order valence-electron chi connectivity index (χ1n) is 24.1. The van der Waals surface area contributed by atoms with Crippen LogP contribution in [0.15, 0.2) is 109 Å². The van der Waals surface area contributed by atoms with E-state index in [9.17, 15) is 9.59 Å². The predicted molar refractivity (Wildman–Crippen MR) is 299 cm³/mol. The summed E-state index contributed by atoms with van der Waals surface area (Å²) in [6.45, 7) is 10.0. The molecule has 10 rings (SSSR count). The number of nitrogens with zero attached hydrogens (tertiary/aromatic N) is 5. The maximum absolute atomic E-state index is 12.3. The second-order valence-corrected chi connectivity index (χ2v) is 19.5. The molecule has 2 aliphatic rings. The van der Waals surface area contributed by atoms with E-state index in [1.54, 1.807) is 48.8 Å². The smallest absolute Gasteiger partial charge is 0.250 e. The van der Waals surface area contributed by atoms with Gasteiger partial charge in [-0.15, -0.1) is 0 Å². The first-order chi connectivity index (χ1) is 36.1. The minimum Gasteiger partial charge on any atom is -0.385 e. The van der Waals surface area contributed by atoms with Crippen molar-refractivity contribution in [1.29, 1.82) is 0 Å². The van der Waals surface area contributed by atoms with Crippen LogP contribution in [-0.4, -0.2) is 92.9 Å². The molecule has 0 unspecified atom stereocenters. The number of nitrogens with one attached hydrogen (secondary N) is 5. The Kier molecular flexibility index (Phi) is 15.5. The number of rotatable bonds is 12. The molecule has 4 aromatic carbocycles. The van der Waals surface area contributed by atoms with Crippen LogP contribution >= 0.6 is 23.2 Å². The number of nitrogens with two attached hydrogens (primary N) is 4. The van der Waals surface area contributed by atoms with Crippen molar-refractivity contribution < 1.29 is 9.59 Å². The van der Waals surface area contributed by atoms with Gasteiger partial charge in [-0.1, -0.05) is 71.1 Å². The maximum Gasteiger partial charge on any atom is 0.250 e. The summed E-state index contributed by atoms with van der Waals surface area (Å²) in [6, 6.07) is 30.2. The molecule has 2 aliphatic heterocycles. The Bertz CT molecular complexity index is 3590. The van der Waals surface area contributed by atoms with Crippen LogP contribution in [0, 0.1) is 49.4 Å². The van der Waals surface area contributed by atoms with E-state index in [1.807, 2.05) is 74.5 Å². The van der Waals surface area contributed by atoms with Gasteiger partial charge in [0, 0.05) is 107 Å². The average molecular weight is 1040 g/mol. The number of aromatic amines is 2. The molecule has 378 valence electrons. The molecule has 13 N–H and O–H groups in total. The van der Waals surface area contributed by atoms with E-state index >= 15 is 0 Å². The minimum absolute atomic E-state index is 0.0907. The Balaban J connectivity index is 0.000000184. The molecular formula is C57H54Cl2N14O2. The lowest BCUT2D eigenvalue weighted by molar-refractivity contribution is 0.0992. The first kappa shape index (κ1) is 51.3. The van der Waals surface area contributed by atoms with E-state index in [0.29, 0.717) is 78.3 Å². The van der Waals surface area contributed by atoms with Gasteiger partial charge in [-0.05, 0) is 105 Å². The number of aromatic nitrogens is 6. The number of amides is 2. The molecule has 2 fully saturated rings. The molecule has 0 spiro atoms. The third kappa shape index (κ3) is 12.4. The summed E-state index contributed by atoms with van der Waals surface area (Å²) in [7, 11) is 2.13. The third-order valence-corrected chi connectivity index (χ3v) is 13.3. The summed E-state index contributed by atoms with van der Waals surface area (Å²) < 4.78 is 0. The van der Waals surface area contributed by atoms with Crippen molar-refractivity contribution in [2.24, 2.45) is 23.3 Å². The van der Waals surface area contributed by atoms with E-state index < -0.39 is 11.8 Å². The maximum atomic E-state index is 12.3. The fourth-order valence-electron chi connectivity index (χ4n) is 8.76. The molecule has 4 aromatic heterocycles. The van der Waals surface area contributed by atoms with Gasteiger partial charge in [0.25, 0.3) is 11.8 Å². The Morgan fingerprint density at radius 1 is 0.640 bits per heavy atom. The molecule has 0 saturated carbocycles. The number of hydrogen-bond donors (Lipinski definition) is 9. The van der Waals surface area contributed by atoms with Crippen molar-refractivity contribution in [3.63, 3.8) is 0 Å². The van der Waals surface area contributed by atoms with E-state index in [-0.39, 0.29) is 11.9 Å². The SMILES string of the molecule is Cc1ccc(Cl)cc1-c1[nH]c(-c2nc(N)ncc2C#Cc2cccc(NCC3CN(C)C3)c2)cc1C(N)=O.Cc1ccc(Cl)cc1-c1[nH]c(-c2nc(N)ncc2C#Cc2cccc(NCC3CNC3)c2)cc1C(N)=O. The fourth-order valence-corrected chi connectivity index (χ4v) is 9.10. The topological polar surface area (TPSA) is 261 Å². The van der Waals surface area contributed by atoms with Gasteiger partial charge in [-0.25, -0.2) is 19.9 Å². The zero-order valence-corrected chi connectivity index (χ0v) is 42.9. The van der Waals surface area contributed by atoms with E-state index in [2.05, 4.69) is 81.5 Å². The van der Waals surface area contributed by atoms with Crippen molar-refractivity contribution >= 4 is 58.3 Å². The Hall–Kier alpha value is -8.64. The van der Waals surface area contributed by atoms with Gasteiger partial charge < -0.3 is 53.8 Å². The highest BCUT2D eigenvalue weighted by Gasteiger charge is 2.24. The molecule has 0 aliphatic carbocycles. The summed E-state index contributed by atoms with van der Waals surface area (Å²) in [4.78, 5) is 50.7. The van der Waals surface area contributed by atoms with Gasteiger partial charge in [0.15, 0.2) is 0 Å². The lowest BCUT2D eigenvalue weighted by Crippen LogP contribution is -2.46. The van der Waals surface area contributed by atoms with Crippen molar-refractivity contribution in [3.05, 3.63) is 164 Å². The van der Waals surface area contributed by atoms with E-state index in [1.165, 1.54) is 0 Å². The number of halogens is 2. The zero-order chi connectivity index (χ0) is 52.8. The monoisotopic (exact) mass is 1040 g/mol. The van der Waals surface area contributed by atoms with Crippen molar-refractivity contribution in [3.8, 4) is 69.0 Å².